The van der Waals surface area contributed by atoms with Crippen LogP contribution in [0.4, 0.5) is 5.69 Å². The summed E-state index contributed by atoms with van der Waals surface area (Å²) in [6.45, 7) is 10.1. The summed E-state index contributed by atoms with van der Waals surface area (Å²) in [6.07, 6.45) is 1.95. The summed E-state index contributed by atoms with van der Waals surface area (Å²) in [5.74, 6) is 1.54. The SMILES string of the molecule is CCNC(=NCc1cccc(NC(=O)C(C)CC)c1)N(C)CC1CCOC1. The maximum atomic E-state index is 12.1. The molecule has 0 bridgehead atoms. The van der Waals surface area contributed by atoms with Gasteiger partial charge in [-0.1, -0.05) is 26.0 Å². The van der Waals surface area contributed by atoms with Gasteiger partial charge in [-0.25, -0.2) is 4.99 Å². The maximum Gasteiger partial charge on any atom is 0.227 e. The minimum Gasteiger partial charge on any atom is -0.381 e. The van der Waals surface area contributed by atoms with E-state index in [1.807, 2.05) is 38.1 Å². The van der Waals surface area contributed by atoms with Crippen LogP contribution in [0.5, 0.6) is 0 Å². The predicted octanol–water partition coefficient (Wildman–Crippen LogP) is 3.11. The number of hydrogen-bond donors (Lipinski definition) is 2. The van der Waals surface area contributed by atoms with Crippen LogP contribution in [0.3, 0.4) is 0 Å². The minimum absolute atomic E-state index is 0.0141. The molecule has 1 amide bonds. The molecule has 2 rings (SSSR count). The number of aliphatic imine (C=N–C) groups is 1. The number of amides is 1. The van der Waals surface area contributed by atoms with E-state index in [1.165, 1.54) is 0 Å². The lowest BCUT2D eigenvalue weighted by Gasteiger charge is -2.24. The molecule has 6 nitrogen and oxygen atoms in total. The quantitative estimate of drug-likeness (QED) is 0.542. The Morgan fingerprint density at radius 3 is 2.89 bits per heavy atom. The van der Waals surface area contributed by atoms with Crippen LogP contribution in [0.25, 0.3) is 0 Å². The molecule has 0 spiro atoms. The molecule has 2 N–H and O–H groups in total. The van der Waals surface area contributed by atoms with Gasteiger partial charge >= 0.3 is 0 Å². The fourth-order valence-electron chi connectivity index (χ4n) is 3.04. The second-order valence-corrected chi connectivity index (χ2v) is 7.28. The number of hydrogen-bond acceptors (Lipinski definition) is 3. The van der Waals surface area contributed by atoms with E-state index in [4.69, 9.17) is 9.73 Å². The van der Waals surface area contributed by atoms with E-state index in [2.05, 4.69) is 29.5 Å². The first kappa shape index (κ1) is 21.2. The molecule has 1 saturated heterocycles. The highest BCUT2D eigenvalue weighted by Gasteiger charge is 2.19. The molecule has 1 heterocycles. The zero-order chi connectivity index (χ0) is 19.6. The molecule has 0 saturated carbocycles. The summed E-state index contributed by atoms with van der Waals surface area (Å²) in [5, 5.41) is 6.35. The third-order valence-corrected chi connectivity index (χ3v) is 4.92. The fourth-order valence-corrected chi connectivity index (χ4v) is 3.04. The van der Waals surface area contributed by atoms with Gasteiger partial charge in [-0.15, -0.1) is 0 Å². The van der Waals surface area contributed by atoms with Crippen molar-refractivity contribution in [2.75, 3.05) is 38.7 Å². The van der Waals surface area contributed by atoms with Crippen molar-refractivity contribution in [2.45, 2.75) is 40.2 Å². The van der Waals surface area contributed by atoms with Crippen molar-refractivity contribution < 1.29 is 9.53 Å². The molecular formula is C21H34N4O2. The van der Waals surface area contributed by atoms with Gasteiger partial charge in [-0.3, -0.25) is 4.79 Å². The van der Waals surface area contributed by atoms with Gasteiger partial charge in [0.25, 0.3) is 0 Å². The van der Waals surface area contributed by atoms with Gasteiger partial charge in [0.15, 0.2) is 5.96 Å². The van der Waals surface area contributed by atoms with Gasteiger partial charge in [0.05, 0.1) is 13.2 Å². The standard InChI is InChI=1S/C21H34N4O2/c1-5-16(3)20(26)24-19-9-7-8-17(12-19)13-23-21(22-6-2)25(4)14-18-10-11-27-15-18/h7-9,12,16,18H,5-6,10-11,13-15H2,1-4H3,(H,22,23)(H,24,26). The van der Waals surface area contributed by atoms with E-state index in [0.717, 1.165) is 56.4 Å². The van der Waals surface area contributed by atoms with Gasteiger partial charge in [0.2, 0.25) is 5.91 Å². The summed E-state index contributed by atoms with van der Waals surface area (Å²) in [6, 6.07) is 7.92. The molecule has 6 heteroatoms. The molecule has 1 aromatic rings. The van der Waals surface area contributed by atoms with Crippen LogP contribution < -0.4 is 10.6 Å². The number of nitrogens with one attached hydrogen (secondary N) is 2. The van der Waals surface area contributed by atoms with E-state index >= 15 is 0 Å². The summed E-state index contributed by atoms with van der Waals surface area (Å²) in [4.78, 5) is 19.0. The van der Waals surface area contributed by atoms with Gasteiger partial charge in [0.1, 0.15) is 0 Å². The maximum absolute atomic E-state index is 12.1. The highest BCUT2D eigenvalue weighted by molar-refractivity contribution is 5.92. The third-order valence-electron chi connectivity index (χ3n) is 4.92. The Kier molecular flexibility index (Phi) is 8.58. The van der Waals surface area contributed by atoms with Crippen LogP contribution in [0.15, 0.2) is 29.3 Å². The largest absolute Gasteiger partial charge is 0.381 e. The number of nitrogens with zero attached hydrogens (tertiary/aromatic N) is 2. The molecule has 0 radical (unpaired) electrons. The van der Waals surface area contributed by atoms with Crippen molar-refractivity contribution in [2.24, 2.45) is 16.8 Å². The monoisotopic (exact) mass is 374 g/mol. The summed E-state index contributed by atoms with van der Waals surface area (Å²) >= 11 is 0. The van der Waals surface area contributed by atoms with Crippen LogP contribution in [0, 0.1) is 11.8 Å². The van der Waals surface area contributed by atoms with E-state index in [0.29, 0.717) is 12.5 Å². The number of benzene rings is 1. The molecular weight excluding hydrogens is 340 g/mol. The zero-order valence-electron chi connectivity index (χ0n) is 17.1. The first-order chi connectivity index (χ1) is 13.0. The summed E-state index contributed by atoms with van der Waals surface area (Å²) in [7, 11) is 2.07. The lowest BCUT2D eigenvalue weighted by atomic mass is 10.1. The number of guanidine groups is 1. The molecule has 2 unspecified atom stereocenters. The molecule has 1 fully saturated rings. The van der Waals surface area contributed by atoms with Crippen molar-refractivity contribution in [3.63, 3.8) is 0 Å². The Morgan fingerprint density at radius 1 is 1.41 bits per heavy atom. The number of carbonyl (C=O) groups excluding carboxylic acids is 1. The number of carbonyl (C=O) groups is 1. The summed E-state index contributed by atoms with van der Waals surface area (Å²) < 4.78 is 5.48. The number of anilines is 1. The van der Waals surface area contributed by atoms with Crippen LogP contribution in [0.1, 0.15) is 39.2 Å². The Labute approximate surface area is 163 Å². The van der Waals surface area contributed by atoms with Crippen molar-refractivity contribution in [1.82, 2.24) is 10.2 Å². The Bertz CT molecular complexity index is 626. The average molecular weight is 375 g/mol. The zero-order valence-corrected chi connectivity index (χ0v) is 17.1. The molecule has 1 aliphatic rings. The fraction of sp³-hybridized carbons (Fsp3) is 0.619. The molecule has 150 valence electrons. The highest BCUT2D eigenvalue weighted by Crippen LogP contribution is 2.15. The van der Waals surface area contributed by atoms with Gasteiger partial charge < -0.3 is 20.3 Å². The van der Waals surface area contributed by atoms with E-state index in [9.17, 15) is 4.79 Å². The summed E-state index contributed by atoms with van der Waals surface area (Å²) in [5.41, 5.74) is 1.90. The first-order valence-electron chi connectivity index (χ1n) is 10.0. The first-order valence-corrected chi connectivity index (χ1v) is 10.0. The average Bonchev–Trinajstić information content (AvgIpc) is 3.17. The Balaban J connectivity index is 1.99. The Morgan fingerprint density at radius 2 is 2.22 bits per heavy atom. The van der Waals surface area contributed by atoms with E-state index in [-0.39, 0.29) is 11.8 Å². The third kappa shape index (κ3) is 6.86. The van der Waals surface area contributed by atoms with E-state index in [1.54, 1.807) is 0 Å². The molecule has 1 aliphatic heterocycles. The van der Waals surface area contributed by atoms with Crippen molar-refractivity contribution in [3.8, 4) is 0 Å². The number of rotatable bonds is 8. The Hall–Kier alpha value is -2.08. The minimum atomic E-state index is 0.0141. The molecule has 27 heavy (non-hydrogen) atoms. The van der Waals surface area contributed by atoms with Crippen LogP contribution in [-0.4, -0.2) is 50.1 Å². The lowest BCUT2D eigenvalue weighted by molar-refractivity contribution is -0.119. The van der Waals surface area contributed by atoms with E-state index < -0.39 is 0 Å². The van der Waals surface area contributed by atoms with Crippen LogP contribution >= 0.6 is 0 Å². The predicted molar refractivity (Wildman–Crippen MR) is 111 cm³/mol. The van der Waals surface area contributed by atoms with Crippen molar-refractivity contribution in [3.05, 3.63) is 29.8 Å². The van der Waals surface area contributed by atoms with Gasteiger partial charge in [-0.05, 0) is 37.5 Å². The second kappa shape index (κ2) is 10.9. The van der Waals surface area contributed by atoms with Gasteiger partial charge in [-0.2, -0.15) is 0 Å². The van der Waals surface area contributed by atoms with Crippen molar-refractivity contribution in [1.29, 1.82) is 0 Å². The second-order valence-electron chi connectivity index (χ2n) is 7.28. The van der Waals surface area contributed by atoms with Gasteiger partial charge in [0, 0.05) is 44.3 Å². The van der Waals surface area contributed by atoms with Crippen LogP contribution in [0.2, 0.25) is 0 Å². The van der Waals surface area contributed by atoms with Crippen molar-refractivity contribution >= 4 is 17.6 Å². The highest BCUT2D eigenvalue weighted by atomic mass is 16.5. The molecule has 0 aromatic heterocycles. The molecule has 0 aliphatic carbocycles. The lowest BCUT2D eigenvalue weighted by Crippen LogP contribution is -2.41. The smallest absolute Gasteiger partial charge is 0.227 e. The molecule has 2 atom stereocenters. The number of ether oxygens (including phenoxy) is 1. The normalized spacial score (nSPS) is 18.2. The van der Waals surface area contributed by atoms with Crippen LogP contribution in [-0.2, 0) is 16.1 Å². The topological polar surface area (TPSA) is 66.0 Å². The molecule has 1 aromatic carbocycles.